The van der Waals surface area contributed by atoms with Crippen LogP contribution in [0.15, 0.2) is 30.3 Å². The van der Waals surface area contributed by atoms with E-state index in [0.717, 1.165) is 5.56 Å². The van der Waals surface area contributed by atoms with E-state index in [-0.39, 0.29) is 5.91 Å². The SMILES string of the molecule is O=C(O)C1CSCN1C(=O)/C=C/c1ccccc1Cl. The molecule has 1 aromatic carbocycles. The molecule has 100 valence electrons. The number of carboxylic acid groups (broad SMARTS) is 1. The minimum absolute atomic E-state index is 0.308. The molecule has 1 amide bonds. The summed E-state index contributed by atoms with van der Waals surface area (Å²) in [6.07, 6.45) is 2.97. The average Bonchev–Trinajstić information content (AvgIpc) is 2.87. The lowest BCUT2D eigenvalue weighted by molar-refractivity contribution is -0.146. The van der Waals surface area contributed by atoms with E-state index in [9.17, 15) is 9.59 Å². The smallest absolute Gasteiger partial charge is 0.327 e. The topological polar surface area (TPSA) is 57.6 Å². The van der Waals surface area contributed by atoms with E-state index in [1.165, 1.54) is 22.7 Å². The van der Waals surface area contributed by atoms with E-state index in [2.05, 4.69) is 0 Å². The fourth-order valence-electron chi connectivity index (χ4n) is 1.73. The van der Waals surface area contributed by atoms with Gasteiger partial charge in [0.1, 0.15) is 6.04 Å². The van der Waals surface area contributed by atoms with Crippen LogP contribution in [0.3, 0.4) is 0 Å². The molecule has 1 heterocycles. The van der Waals surface area contributed by atoms with Gasteiger partial charge in [0, 0.05) is 16.9 Å². The molecule has 1 saturated heterocycles. The van der Waals surface area contributed by atoms with Crippen LogP contribution >= 0.6 is 23.4 Å². The predicted octanol–water partition coefficient (Wildman–Crippen LogP) is 2.34. The highest BCUT2D eigenvalue weighted by molar-refractivity contribution is 7.99. The molecular weight excluding hydrogens is 286 g/mol. The zero-order chi connectivity index (χ0) is 13.8. The standard InChI is InChI=1S/C13H12ClNO3S/c14-10-4-2-1-3-9(10)5-6-12(16)15-8-19-7-11(15)13(17)18/h1-6,11H,7-8H2,(H,17,18)/b6-5+. The zero-order valence-corrected chi connectivity index (χ0v) is 11.5. The number of amides is 1. The van der Waals surface area contributed by atoms with Crippen LogP contribution in [0.1, 0.15) is 5.56 Å². The molecule has 19 heavy (non-hydrogen) atoms. The molecule has 0 aliphatic carbocycles. The van der Waals surface area contributed by atoms with Crippen molar-refractivity contribution in [1.82, 2.24) is 4.90 Å². The molecule has 1 aliphatic rings. The van der Waals surface area contributed by atoms with Crippen molar-refractivity contribution in [2.24, 2.45) is 0 Å². The van der Waals surface area contributed by atoms with Crippen molar-refractivity contribution in [3.63, 3.8) is 0 Å². The minimum atomic E-state index is -0.968. The molecule has 1 fully saturated rings. The lowest BCUT2D eigenvalue weighted by Crippen LogP contribution is -2.40. The quantitative estimate of drug-likeness (QED) is 0.870. The van der Waals surface area contributed by atoms with E-state index in [1.54, 1.807) is 24.3 Å². The highest BCUT2D eigenvalue weighted by atomic mass is 35.5. The monoisotopic (exact) mass is 297 g/mol. The second-order valence-electron chi connectivity index (χ2n) is 4.02. The Morgan fingerprint density at radius 3 is 2.84 bits per heavy atom. The van der Waals surface area contributed by atoms with Crippen molar-refractivity contribution in [2.45, 2.75) is 6.04 Å². The second-order valence-corrected chi connectivity index (χ2v) is 5.42. The summed E-state index contributed by atoms with van der Waals surface area (Å²) < 4.78 is 0. The van der Waals surface area contributed by atoms with Gasteiger partial charge in [-0.15, -0.1) is 11.8 Å². The summed E-state index contributed by atoms with van der Waals surface area (Å²) in [7, 11) is 0. The second kappa shape index (κ2) is 6.12. The lowest BCUT2D eigenvalue weighted by Gasteiger charge is -2.18. The van der Waals surface area contributed by atoms with Gasteiger partial charge in [0.15, 0.2) is 0 Å². The van der Waals surface area contributed by atoms with Crippen LogP contribution < -0.4 is 0 Å². The molecule has 0 radical (unpaired) electrons. The zero-order valence-electron chi connectivity index (χ0n) is 9.95. The van der Waals surface area contributed by atoms with Crippen molar-refractivity contribution in [3.8, 4) is 0 Å². The highest BCUT2D eigenvalue weighted by Crippen LogP contribution is 2.22. The normalized spacial score (nSPS) is 19.0. The third-order valence-corrected chi connectivity index (χ3v) is 4.12. The Bertz CT molecular complexity index is 532. The van der Waals surface area contributed by atoms with E-state index in [1.807, 2.05) is 6.07 Å². The molecule has 0 bridgehead atoms. The van der Waals surface area contributed by atoms with Crippen molar-refractivity contribution >= 4 is 41.3 Å². The molecule has 0 saturated carbocycles. The third kappa shape index (κ3) is 3.30. The molecule has 1 unspecified atom stereocenters. The first-order valence-electron chi connectivity index (χ1n) is 5.63. The van der Waals surface area contributed by atoms with E-state index < -0.39 is 12.0 Å². The van der Waals surface area contributed by atoms with E-state index >= 15 is 0 Å². The van der Waals surface area contributed by atoms with Crippen molar-refractivity contribution < 1.29 is 14.7 Å². The fraction of sp³-hybridized carbons (Fsp3) is 0.231. The molecule has 1 aromatic rings. The average molecular weight is 298 g/mol. The summed E-state index contributed by atoms with van der Waals surface area (Å²) >= 11 is 7.41. The lowest BCUT2D eigenvalue weighted by atomic mass is 10.2. The summed E-state index contributed by atoms with van der Waals surface area (Å²) in [5, 5.41) is 9.56. The fourth-order valence-corrected chi connectivity index (χ4v) is 3.09. The number of hydrogen-bond acceptors (Lipinski definition) is 3. The number of carbonyl (C=O) groups excluding carboxylic acids is 1. The maximum absolute atomic E-state index is 12.0. The Morgan fingerprint density at radius 2 is 2.16 bits per heavy atom. The van der Waals surface area contributed by atoms with Gasteiger partial charge in [-0.1, -0.05) is 29.8 Å². The Morgan fingerprint density at radius 1 is 1.42 bits per heavy atom. The van der Waals surface area contributed by atoms with Crippen LogP contribution in [-0.2, 0) is 9.59 Å². The number of benzene rings is 1. The van der Waals surface area contributed by atoms with E-state index in [0.29, 0.717) is 16.7 Å². The van der Waals surface area contributed by atoms with Crippen LogP contribution in [0.25, 0.3) is 6.08 Å². The molecule has 0 spiro atoms. The molecular formula is C13H12ClNO3S. The molecule has 1 aliphatic heterocycles. The van der Waals surface area contributed by atoms with Crippen LogP contribution in [-0.4, -0.2) is 39.6 Å². The molecule has 1 N–H and O–H groups in total. The molecule has 0 aromatic heterocycles. The molecule has 6 heteroatoms. The number of nitrogens with zero attached hydrogens (tertiary/aromatic N) is 1. The number of thioether (sulfide) groups is 1. The highest BCUT2D eigenvalue weighted by Gasteiger charge is 2.33. The maximum Gasteiger partial charge on any atom is 0.327 e. The summed E-state index contributed by atoms with van der Waals surface area (Å²) in [5.41, 5.74) is 0.733. The summed E-state index contributed by atoms with van der Waals surface area (Å²) in [5.74, 6) is -0.439. The first kappa shape index (κ1) is 14.0. The van der Waals surface area contributed by atoms with E-state index in [4.69, 9.17) is 16.7 Å². The number of carboxylic acids is 1. The van der Waals surface area contributed by atoms with Crippen LogP contribution in [0.5, 0.6) is 0 Å². The third-order valence-electron chi connectivity index (χ3n) is 2.76. The summed E-state index contributed by atoms with van der Waals surface area (Å²) in [6, 6.07) is 6.41. The minimum Gasteiger partial charge on any atom is -0.480 e. The van der Waals surface area contributed by atoms with Gasteiger partial charge in [0.05, 0.1) is 5.88 Å². The Balaban J connectivity index is 2.09. The van der Waals surface area contributed by atoms with Gasteiger partial charge in [0.25, 0.3) is 0 Å². The van der Waals surface area contributed by atoms with Gasteiger partial charge in [-0.3, -0.25) is 4.79 Å². The predicted molar refractivity (Wildman–Crippen MR) is 76.1 cm³/mol. The summed E-state index contributed by atoms with van der Waals surface area (Å²) in [6.45, 7) is 0. The number of aliphatic carboxylic acids is 1. The molecule has 4 nitrogen and oxygen atoms in total. The van der Waals surface area contributed by atoms with Gasteiger partial charge < -0.3 is 10.0 Å². The molecule has 1 atom stereocenters. The van der Waals surface area contributed by atoms with Crippen LogP contribution in [0, 0.1) is 0 Å². The summed E-state index contributed by atoms with van der Waals surface area (Å²) in [4.78, 5) is 24.3. The van der Waals surface area contributed by atoms with Crippen LogP contribution in [0.2, 0.25) is 5.02 Å². The van der Waals surface area contributed by atoms with Gasteiger partial charge in [-0.25, -0.2) is 4.79 Å². The largest absolute Gasteiger partial charge is 0.480 e. The van der Waals surface area contributed by atoms with Crippen molar-refractivity contribution in [3.05, 3.63) is 40.9 Å². The van der Waals surface area contributed by atoms with Gasteiger partial charge >= 0.3 is 5.97 Å². The van der Waals surface area contributed by atoms with Crippen molar-refractivity contribution in [1.29, 1.82) is 0 Å². The van der Waals surface area contributed by atoms with Gasteiger partial charge in [-0.05, 0) is 17.7 Å². The maximum atomic E-state index is 12.0. The molecule has 2 rings (SSSR count). The van der Waals surface area contributed by atoms with Crippen LogP contribution in [0.4, 0.5) is 0 Å². The van der Waals surface area contributed by atoms with Crippen molar-refractivity contribution in [2.75, 3.05) is 11.6 Å². The Kier molecular flexibility index (Phi) is 4.50. The first-order valence-corrected chi connectivity index (χ1v) is 7.16. The Hall–Kier alpha value is -1.46. The first-order chi connectivity index (χ1) is 9.09. The number of carbonyl (C=O) groups is 2. The number of rotatable bonds is 3. The van der Waals surface area contributed by atoms with Gasteiger partial charge in [-0.2, -0.15) is 0 Å². The van der Waals surface area contributed by atoms with Gasteiger partial charge in [0.2, 0.25) is 5.91 Å². The number of halogens is 1. The Labute approximate surface area is 120 Å². The number of hydrogen-bond donors (Lipinski definition) is 1.